The highest BCUT2D eigenvalue weighted by Crippen LogP contribution is 2.34. The molecular formula is C14H16N4O4S. The van der Waals surface area contributed by atoms with Gasteiger partial charge in [-0.25, -0.2) is 8.42 Å². The fourth-order valence-corrected chi connectivity index (χ4v) is 3.38. The van der Waals surface area contributed by atoms with Crippen LogP contribution < -0.4 is 14.4 Å². The van der Waals surface area contributed by atoms with Crippen LogP contribution >= 0.6 is 0 Å². The number of amides is 1. The normalized spacial score (nSPS) is 14.3. The van der Waals surface area contributed by atoms with Gasteiger partial charge < -0.3 is 9.64 Å². The number of nitrogens with zero attached hydrogens (tertiary/aromatic N) is 3. The second kappa shape index (κ2) is 5.58. The predicted octanol–water partition coefficient (Wildman–Crippen LogP) is 0.966. The van der Waals surface area contributed by atoms with Gasteiger partial charge in [0.05, 0.1) is 10.6 Å². The highest BCUT2D eigenvalue weighted by Gasteiger charge is 2.26. The minimum Gasteiger partial charge on any atom is -0.482 e. The second-order valence-electron chi connectivity index (χ2n) is 5.04. The van der Waals surface area contributed by atoms with E-state index in [2.05, 4.69) is 9.82 Å². The summed E-state index contributed by atoms with van der Waals surface area (Å²) in [5.74, 6) is 0.514. The van der Waals surface area contributed by atoms with Gasteiger partial charge in [0, 0.05) is 25.9 Å². The summed E-state index contributed by atoms with van der Waals surface area (Å²) in [6.45, 7) is 2.21. The minimum atomic E-state index is -3.80. The summed E-state index contributed by atoms with van der Waals surface area (Å²) in [5, 5.41) is 3.99. The first-order valence-corrected chi connectivity index (χ1v) is 8.48. The van der Waals surface area contributed by atoms with E-state index in [9.17, 15) is 13.2 Å². The Morgan fingerprint density at radius 1 is 1.35 bits per heavy atom. The number of rotatable bonds is 4. The molecule has 0 saturated heterocycles. The van der Waals surface area contributed by atoms with Gasteiger partial charge in [-0.3, -0.25) is 14.2 Å². The summed E-state index contributed by atoms with van der Waals surface area (Å²) < 4.78 is 34.2. The maximum absolute atomic E-state index is 12.5. The third kappa shape index (κ3) is 2.87. The van der Waals surface area contributed by atoms with Crippen molar-refractivity contribution < 1.29 is 17.9 Å². The Balaban J connectivity index is 1.97. The molecule has 0 fully saturated rings. The van der Waals surface area contributed by atoms with E-state index < -0.39 is 10.0 Å². The monoisotopic (exact) mass is 336 g/mol. The van der Waals surface area contributed by atoms with Crippen molar-refractivity contribution in [2.45, 2.75) is 11.8 Å². The number of nitrogens with one attached hydrogen (secondary N) is 1. The average Bonchev–Trinajstić information content (AvgIpc) is 2.91. The lowest BCUT2D eigenvalue weighted by Crippen LogP contribution is -2.38. The highest BCUT2D eigenvalue weighted by molar-refractivity contribution is 7.92. The maximum Gasteiger partial charge on any atom is 0.265 e. The lowest BCUT2D eigenvalue weighted by Gasteiger charge is -2.28. The fourth-order valence-electron chi connectivity index (χ4n) is 2.36. The minimum absolute atomic E-state index is 0.0404. The number of fused-ring (bicyclic) bond motifs is 1. The number of aryl methyl sites for hydroxylation is 1. The Morgan fingerprint density at radius 3 is 2.78 bits per heavy atom. The van der Waals surface area contributed by atoms with Crippen LogP contribution in [0, 0.1) is 0 Å². The van der Waals surface area contributed by atoms with E-state index in [4.69, 9.17) is 4.74 Å². The zero-order valence-corrected chi connectivity index (χ0v) is 13.5. The van der Waals surface area contributed by atoms with Gasteiger partial charge >= 0.3 is 0 Å². The first kappa shape index (κ1) is 15.3. The Bertz CT molecular complexity index is 859. The second-order valence-corrected chi connectivity index (χ2v) is 6.72. The molecule has 1 N–H and O–H groups in total. The molecule has 1 aromatic heterocycles. The highest BCUT2D eigenvalue weighted by atomic mass is 32.2. The molecule has 1 amide bonds. The van der Waals surface area contributed by atoms with E-state index in [1.54, 1.807) is 25.4 Å². The molecule has 122 valence electrons. The largest absolute Gasteiger partial charge is 0.482 e. The third-order valence-electron chi connectivity index (χ3n) is 3.45. The SMILES string of the molecule is CCN1C(=O)COc2ccc(S(=O)(=O)Nc3ccn(C)n3)cc21. The molecule has 9 heteroatoms. The quantitative estimate of drug-likeness (QED) is 0.898. The average molecular weight is 336 g/mol. The third-order valence-corrected chi connectivity index (χ3v) is 4.80. The first-order valence-electron chi connectivity index (χ1n) is 7.00. The lowest BCUT2D eigenvalue weighted by molar-refractivity contribution is -0.121. The van der Waals surface area contributed by atoms with Crippen molar-refractivity contribution in [2.24, 2.45) is 7.05 Å². The number of sulfonamides is 1. The predicted molar refractivity (Wildman–Crippen MR) is 84.0 cm³/mol. The summed E-state index contributed by atoms with van der Waals surface area (Å²) in [6, 6.07) is 5.98. The number of carbonyl (C=O) groups excluding carboxylic acids is 1. The fraction of sp³-hybridized carbons (Fsp3) is 0.286. The molecule has 0 spiro atoms. The van der Waals surface area contributed by atoms with Gasteiger partial charge in [-0.15, -0.1) is 0 Å². The van der Waals surface area contributed by atoms with Gasteiger partial charge in [0.15, 0.2) is 12.4 Å². The number of ether oxygens (including phenoxy) is 1. The molecule has 1 aliphatic heterocycles. The summed E-state index contributed by atoms with van der Waals surface area (Å²) >= 11 is 0. The summed E-state index contributed by atoms with van der Waals surface area (Å²) in [4.78, 5) is 13.4. The number of aromatic nitrogens is 2. The van der Waals surface area contributed by atoms with Crippen LogP contribution in [0.2, 0.25) is 0 Å². The molecule has 0 bridgehead atoms. The lowest BCUT2D eigenvalue weighted by atomic mass is 10.2. The molecule has 0 unspecified atom stereocenters. The molecule has 23 heavy (non-hydrogen) atoms. The molecule has 3 rings (SSSR count). The number of carbonyl (C=O) groups is 1. The van der Waals surface area contributed by atoms with E-state index in [1.165, 1.54) is 21.7 Å². The van der Waals surface area contributed by atoms with Crippen LogP contribution in [0.3, 0.4) is 0 Å². The van der Waals surface area contributed by atoms with Gasteiger partial charge in [0.2, 0.25) is 0 Å². The van der Waals surface area contributed by atoms with Crippen LogP contribution in [0.4, 0.5) is 11.5 Å². The van der Waals surface area contributed by atoms with Crippen LogP contribution in [0.25, 0.3) is 0 Å². The van der Waals surface area contributed by atoms with E-state index in [1.807, 2.05) is 6.92 Å². The van der Waals surface area contributed by atoms with Gasteiger partial charge in [0.25, 0.3) is 15.9 Å². The van der Waals surface area contributed by atoms with Crippen LogP contribution in [0.5, 0.6) is 5.75 Å². The Labute approximate surface area is 133 Å². The standard InChI is InChI=1S/C14H16N4O4S/c1-3-18-11-8-10(4-5-12(11)22-9-14(18)19)23(20,21)16-13-6-7-17(2)15-13/h4-8H,3,9H2,1-2H3,(H,15,16). The number of likely N-dealkylation sites (N-methyl/N-ethyl adjacent to an activating group) is 1. The summed E-state index contributed by atoms with van der Waals surface area (Å²) in [5.41, 5.74) is 0.452. The summed E-state index contributed by atoms with van der Waals surface area (Å²) in [6.07, 6.45) is 1.63. The zero-order chi connectivity index (χ0) is 16.6. The Kier molecular flexibility index (Phi) is 3.72. The number of hydrogen-bond acceptors (Lipinski definition) is 5. The van der Waals surface area contributed by atoms with Gasteiger partial charge in [-0.2, -0.15) is 5.10 Å². The number of benzene rings is 1. The molecule has 2 heterocycles. The Morgan fingerprint density at radius 2 is 2.13 bits per heavy atom. The van der Waals surface area contributed by atoms with Crippen molar-refractivity contribution in [3.05, 3.63) is 30.5 Å². The van der Waals surface area contributed by atoms with E-state index in [0.29, 0.717) is 18.0 Å². The molecule has 0 saturated carbocycles. The smallest absolute Gasteiger partial charge is 0.265 e. The van der Waals surface area contributed by atoms with Crippen molar-refractivity contribution in [1.82, 2.24) is 9.78 Å². The van der Waals surface area contributed by atoms with Gasteiger partial charge in [0.1, 0.15) is 5.75 Å². The van der Waals surface area contributed by atoms with Crippen LogP contribution in [0.15, 0.2) is 35.4 Å². The molecule has 2 aromatic rings. The molecule has 0 aliphatic carbocycles. The topological polar surface area (TPSA) is 93.5 Å². The van der Waals surface area contributed by atoms with Crippen molar-refractivity contribution in [1.29, 1.82) is 0 Å². The van der Waals surface area contributed by atoms with Crippen molar-refractivity contribution in [2.75, 3.05) is 22.8 Å². The van der Waals surface area contributed by atoms with Gasteiger partial charge in [-0.1, -0.05) is 0 Å². The van der Waals surface area contributed by atoms with Crippen molar-refractivity contribution in [3.8, 4) is 5.75 Å². The van der Waals surface area contributed by atoms with Crippen LogP contribution in [0.1, 0.15) is 6.92 Å². The maximum atomic E-state index is 12.5. The van der Waals surface area contributed by atoms with E-state index in [-0.39, 0.29) is 23.2 Å². The number of anilines is 2. The van der Waals surface area contributed by atoms with E-state index >= 15 is 0 Å². The molecule has 1 aliphatic rings. The molecular weight excluding hydrogens is 320 g/mol. The zero-order valence-electron chi connectivity index (χ0n) is 12.7. The van der Waals surface area contributed by atoms with Crippen molar-refractivity contribution in [3.63, 3.8) is 0 Å². The summed E-state index contributed by atoms with van der Waals surface area (Å²) in [7, 11) is -2.11. The molecule has 8 nitrogen and oxygen atoms in total. The van der Waals surface area contributed by atoms with Gasteiger partial charge in [-0.05, 0) is 25.1 Å². The van der Waals surface area contributed by atoms with Crippen LogP contribution in [-0.4, -0.2) is 37.3 Å². The Hall–Kier alpha value is -2.55. The number of hydrogen-bond donors (Lipinski definition) is 1. The molecule has 1 aromatic carbocycles. The van der Waals surface area contributed by atoms with E-state index in [0.717, 1.165) is 0 Å². The van der Waals surface area contributed by atoms with Crippen molar-refractivity contribution >= 4 is 27.4 Å². The molecule has 0 radical (unpaired) electrons. The van der Waals surface area contributed by atoms with Crippen LogP contribution in [-0.2, 0) is 21.9 Å². The first-order chi connectivity index (χ1) is 10.9. The molecule has 0 atom stereocenters.